The van der Waals surface area contributed by atoms with Crippen molar-refractivity contribution in [1.82, 2.24) is 14.4 Å². The van der Waals surface area contributed by atoms with Gasteiger partial charge in [-0.3, -0.25) is 24.3 Å². The molecule has 1 aromatic heterocycles. The van der Waals surface area contributed by atoms with Crippen molar-refractivity contribution in [2.75, 3.05) is 51.2 Å². The highest BCUT2D eigenvalue weighted by Crippen LogP contribution is 2.32. The Hall–Kier alpha value is -3.80. The van der Waals surface area contributed by atoms with E-state index in [0.717, 1.165) is 18.7 Å². The number of benzene rings is 2. The quantitative estimate of drug-likeness (QED) is 0.301. The standard InChI is InChI=1S/C30H33ClN6O4S/c1-5-34(6-2)29(39)26-19(3)32-30-36(27(26)21-8-10-22(31)11-9-21)28(38)25(42-30)18-20-7-12-23(24(17-20)37(40)41)35-15-13-33(4)14-16-35/h7-12,17-18,27H,5-6,13-16H2,1-4H3/b25-18-/t27-/m0/s1. The van der Waals surface area contributed by atoms with E-state index in [4.69, 9.17) is 16.6 Å². The van der Waals surface area contributed by atoms with Crippen LogP contribution in [-0.4, -0.2) is 71.5 Å². The molecule has 2 aromatic carbocycles. The van der Waals surface area contributed by atoms with Crippen molar-refractivity contribution in [1.29, 1.82) is 0 Å². The molecule has 1 amide bonds. The molecule has 42 heavy (non-hydrogen) atoms. The second-order valence-corrected chi connectivity index (χ2v) is 11.9. The molecular formula is C30H33ClN6O4S. The van der Waals surface area contributed by atoms with Crippen molar-refractivity contribution < 1.29 is 9.72 Å². The maximum absolute atomic E-state index is 14.0. The average Bonchev–Trinajstić information content (AvgIpc) is 3.27. The predicted molar refractivity (Wildman–Crippen MR) is 166 cm³/mol. The maximum atomic E-state index is 14.0. The predicted octanol–water partition coefficient (Wildman–Crippen LogP) is 3.42. The summed E-state index contributed by atoms with van der Waals surface area (Å²) in [4.78, 5) is 50.5. The Bertz CT molecular complexity index is 1730. The van der Waals surface area contributed by atoms with Gasteiger partial charge < -0.3 is 14.7 Å². The van der Waals surface area contributed by atoms with Crippen LogP contribution >= 0.6 is 22.9 Å². The van der Waals surface area contributed by atoms with E-state index in [1.54, 1.807) is 46.7 Å². The number of allylic oxidation sites excluding steroid dienone is 1. The zero-order chi connectivity index (χ0) is 30.1. The Balaban J connectivity index is 1.63. The summed E-state index contributed by atoms with van der Waals surface area (Å²) in [5.74, 6) is -0.175. The van der Waals surface area contributed by atoms with Crippen molar-refractivity contribution in [2.45, 2.75) is 26.8 Å². The van der Waals surface area contributed by atoms with Gasteiger partial charge in [-0.1, -0.05) is 41.1 Å². The van der Waals surface area contributed by atoms with Crippen molar-refractivity contribution in [3.63, 3.8) is 0 Å². The summed E-state index contributed by atoms with van der Waals surface area (Å²) >= 11 is 7.37. The highest BCUT2D eigenvalue weighted by atomic mass is 35.5. The molecule has 3 heterocycles. The Morgan fingerprint density at radius 3 is 2.43 bits per heavy atom. The van der Waals surface area contributed by atoms with Gasteiger partial charge in [-0.25, -0.2) is 4.99 Å². The minimum Gasteiger partial charge on any atom is -0.363 e. The fraction of sp³-hybridized carbons (Fsp3) is 0.367. The molecule has 2 aliphatic rings. The number of hydrogen-bond acceptors (Lipinski definition) is 8. The van der Waals surface area contributed by atoms with Gasteiger partial charge in [0.05, 0.1) is 26.8 Å². The van der Waals surface area contributed by atoms with Gasteiger partial charge >= 0.3 is 0 Å². The van der Waals surface area contributed by atoms with E-state index in [9.17, 15) is 19.7 Å². The Morgan fingerprint density at radius 1 is 1.14 bits per heavy atom. The summed E-state index contributed by atoms with van der Waals surface area (Å²) in [5.41, 5.74) is 2.53. The Labute approximate surface area is 252 Å². The number of aromatic nitrogens is 1. The third-order valence-electron chi connectivity index (χ3n) is 7.83. The molecule has 10 nitrogen and oxygen atoms in total. The molecule has 1 saturated heterocycles. The van der Waals surface area contributed by atoms with Crippen molar-refractivity contribution in [2.24, 2.45) is 4.99 Å². The molecule has 0 spiro atoms. The van der Waals surface area contributed by atoms with Crippen LogP contribution in [0, 0.1) is 10.1 Å². The van der Waals surface area contributed by atoms with Gasteiger partial charge in [-0.05, 0) is 63.2 Å². The molecular weight excluding hydrogens is 576 g/mol. The normalized spacial score (nSPS) is 17.7. The SMILES string of the molecule is CCN(CC)C(=O)C1=C(C)N=c2s/c(=C\c3ccc(N4CCN(C)CC4)c([N+](=O)[O-])c3)c(=O)n2[C@H]1c1ccc(Cl)cc1. The number of carbonyl (C=O) groups excluding carboxylic acids is 1. The third-order valence-corrected chi connectivity index (χ3v) is 9.06. The Morgan fingerprint density at radius 2 is 1.81 bits per heavy atom. The number of amides is 1. The van der Waals surface area contributed by atoms with Crippen LogP contribution in [-0.2, 0) is 4.79 Å². The maximum Gasteiger partial charge on any atom is 0.293 e. The summed E-state index contributed by atoms with van der Waals surface area (Å²) in [6.07, 6.45) is 1.66. The second kappa shape index (κ2) is 12.2. The zero-order valence-electron chi connectivity index (χ0n) is 24.0. The Kier molecular flexibility index (Phi) is 8.63. The van der Waals surface area contributed by atoms with Crippen LogP contribution in [0.15, 0.2) is 63.5 Å². The molecule has 0 saturated carbocycles. The number of nitro groups is 1. The minimum atomic E-state index is -0.692. The van der Waals surface area contributed by atoms with E-state index in [0.29, 0.717) is 63.1 Å². The van der Waals surface area contributed by atoms with E-state index in [-0.39, 0.29) is 22.1 Å². The zero-order valence-corrected chi connectivity index (χ0v) is 25.6. The molecule has 0 aliphatic carbocycles. The summed E-state index contributed by atoms with van der Waals surface area (Å²) in [6.45, 7) is 9.72. The van der Waals surface area contributed by atoms with Crippen LogP contribution in [0.4, 0.5) is 11.4 Å². The van der Waals surface area contributed by atoms with Crippen molar-refractivity contribution in [3.8, 4) is 0 Å². The van der Waals surface area contributed by atoms with Gasteiger partial charge in [0.25, 0.3) is 17.2 Å². The number of piperazine rings is 1. The molecule has 2 aliphatic heterocycles. The van der Waals surface area contributed by atoms with Gasteiger partial charge in [0.15, 0.2) is 4.80 Å². The number of likely N-dealkylation sites (N-methyl/N-ethyl adjacent to an activating group) is 2. The number of hydrogen-bond donors (Lipinski definition) is 0. The molecule has 0 bridgehead atoms. The van der Waals surface area contributed by atoms with Crippen molar-refractivity contribution in [3.05, 3.63) is 99.7 Å². The molecule has 1 atom stereocenters. The summed E-state index contributed by atoms with van der Waals surface area (Å²) in [5, 5.41) is 12.6. The van der Waals surface area contributed by atoms with E-state index in [1.165, 1.54) is 17.4 Å². The first-order valence-corrected chi connectivity index (χ1v) is 15.1. The van der Waals surface area contributed by atoms with Gasteiger partial charge in [0.2, 0.25) is 0 Å². The lowest BCUT2D eigenvalue weighted by atomic mass is 9.94. The van der Waals surface area contributed by atoms with Gasteiger partial charge in [0, 0.05) is 50.4 Å². The average molecular weight is 609 g/mol. The van der Waals surface area contributed by atoms with E-state index < -0.39 is 6.04 Å². The van der Waals surface area contributed by atoms with Gasteiger partial charge in [-0.2, -0.15) is 0 Å². The van der Waals surface area contributed by atoms with E-state index in [1.807, 2.05) is 37.9 Å². The van der Waals surface area contributed by atoms with Crippen molar-refractivity contribution >= 4 is 46.3 Å². The minimum absolute atomic E-state index is 0.00284. The second-order valence-electron chi connectivity index (χ2n) is 10.4. The molecule has 5 rings (SSSR count). The molecule has 0 unspecified atom stereocenters. The van der Waals surface area contributed by atoms with Crippen LogP contribution in [0.3, 0.4) is 0 Å². The number of fused-ring (bicyclic) bond motifs is 1. The van der Waals surface area contributed by atoms with Crippen LogP contribution in [0.5, 0.6) is 0 Å². The highest BCUT2D eigenvalue weighted by Gasteiger charge is 2.34. The fourth-order valence-corrected chi connectivity index (χ4v) is 6.65. The van der Waals surface area contributed by atoms with Crippen LogP contribution in [0.1, 0.15) is 37.9 Å². The number of carbonyl (C=O) groups is 1. The number of halogens is 1. The third kappa shape index (κ3) is 5.64. The molecule has 0 radical (unpaired) electrons. The lowest BCUT2D eigenvalue weighted by molar-refractivity contribution is -0.384. The smallest absolute Gasteiger partial charge is 0.293 e. The summed E-state index contributed by atoms with van der Waals surface area (Å²) in [7, 11) is 2.03. The van der Waals surface area contributed by atoms with Gasteiger partial charge in [0.1, 0.15) is 5.69 Å². The number of nitro benzene ring substituents is 1. The lowest BCUT2D eigenvalue weighted by Crippen LogP contribution is -2.44. The number of anilines is 1. The summed E-state index contributed by atoms with van der Waals surface area (Å²) in [6, 6.07) is 11.5. The molecule has 3 aromatic rings. The highest BCUT2D eigenvalue weighted by molar-refractivity contribution is 7.07. The van der Waals surface area contributed by atoms with E-state index >= 15 is 0 Å². The van der Waals surface area contributed by atoms with Crippen LogP contribution in [0.25, 0.3) is 6.08 Å². The number of thiazole rings is 1. The number of nitrogens with zero attached hydrogens (tertiary/aromatic N) is 6. The van der Waals surface area contributed by atoms with Crippen LogP contribution < -0.4 is 19.8 Å². The monoisotopic (exact) mass is 608 g/mol. The molecule has 220 valence electrons. The number of rotatable bonds is 7. The first-order chi connectivity index (χ1) is 20.1. The van der Waals surface area contributed by atoms with Gasteiger partial charge in [-0.15, -0.1) is 0 Å². The molecule has 0 N–H and O–H groups in total. The first kappa shape index (κ1) is 29.7. The molecule has 1 fully saturated rings. The molecule has 12 heteroatoms. The van der Waals surface area contributed by atoms with E-state index in [2.05, 4.69) is 4.90 Å². The fourth-order valence-electron chi connectivity index (χ4n) is 5.48. The largest absolute Gasteiger partial charge is 0.363 e. The first-order valence-electron chi connectivity index (χ1n) is 13.9. The summed E-state index contributed by atoms with van der Waals surface area (Å²) < 4.78 is 1.93. The lowest BCUT2D eigenvalue weighted by Gasteiger charge is -2.33. The van der Waals surface area contributed by atoms with Crippen LogP contribution in [0.2, 0.25) is 5.02 Å². The topological polar surface area (TPSA) is 104 Å².